The van der Waals surface area contributed by atoms with E-state index < -0.39 is 0 Å². The highest BCUT2D eigenvalue weighted by molar-refractivity contribution is 5.39. The van der Waals surface area contributed by atoms with Gasteiger partial charge in [0, 0.05) is 6.04 Å². The Bertz CT molecular complexity index is 362. The molecule has 1 aromatic carbocycles. The van der Waals surface area contributed by atoms with Crippen LogP contribution >= 0.6 is 0 Å². The zero-order chi connectivity index (χ0) is 11.5. The third-order valence-corrected chi connectivity index (χ3v) is 3.39. The summed E-state index contributed by atoms with van der Waals surface area (Å²) >= 11 is 0. The van der Waals surface area contributed by atoms with Crippen LogP contribution in [0.15, 0.2) is 18.2 Å². The van der Waals surface area contributed by atoms with Gasteiger partial charge in [0.25, 0.3) is 0 Å². The van der Waals surface area contributed by atoms with Gasteiger partial charge in [0.2, 0.25) is 0 Å². The molecular weight excluding hydrogens is 198 g/mol. The summed E-state index contributed by atoms with van der Waals surface area (Å²) in [5, 5.41) is 3.57. The first kappa shape index (κ1) is 11.5. The second kappa shape index (κ2) is 4.88. The summed E-state index contributed by atoms with van der Waals surface area (Å²) in [6.07, 6.45) is 2.43. The number of benzene rings is 1. The van der Waals surface area contributed by atoms with Gasteiger partial charge in [-0.2, -0.15) is 0 Å². The van der Waals surface area contributed by atoms with Crippen molar-refractivity contribution in [1.29, 1.82) is 0 Å². The van der Waals surface area contributed by atoms with Gasteiger partial charge < -0.3 is 10.1 Å². The summed E-state index contributed by atoms with van der Waals surface area (Å²) in [4.78, 5) is 0. The molecule has 88 valence electrons. The lowest BCUT2D eigenvalue weighted by Gasteiger charge is -2.30. The maximum absolute atomic E-state index is 5.31. The normalized spacial score (nSPS) is 23.9. The van der Waals surface area contributed by atoms with E-state index in [1.54, 1.807) is 7.11 Å². The average molecular weight is 219 g/mol. The molecule has 0 saturated heterocycles. The van der Waals surface area contributed by atoms with Crippen molar-refractivity contribution in [3.63, 3.8) is 0 Å². The number of ether oxygens (including phenoxy) is 1. The van der Waals surface area contributed by atoms with E-state index in [2.05, 4.69) is 37.4 Å². The van der Waals surface area contributed by atoms with Crippen LogP contribution < -0.4 is 10.1 Å². The third-order valence-electron chi connectivity index (χ3n) is 3.39. The molecule has 0 aromatic heterocycles. The quantitative estimate of drug-likeness (QED) is 0.844. The van der Waals surface area contributed by atoms with Gasteiger partial charge in [-0.25, -0.2) is 0 Å². The fourth-order valence-corrected chi connectivity index (χ4v) is 2.64. The number of nitrogens with one attached hydrogen (secondary N) is 1. The first-order chi connectivity index (χ1) is 7.74. The summed E-state index contributed by atoms with van der Waals surface area (Å²) in [6.45, 7) is 5.52. The highest BCUT2D eigenvalue weighted by atomic mass is 16.5. The van der Waals surface area contributed by atoms with E-state index in [1.165, 1.54) is 24.0 Å². The van der Waals surface area contributed by atoms with Crippen molar-refractivity contribution in [1.82, 2.24) is 5.32 Å². The molecule has 1 aliphatic rings. The van der Waals surface area contributed by atoms with E-state index in [1.807, 2.05) is 0 Å². The molecule has 0 aliphatic heterocycles. The second-order valence-electron chi connectivity index (χ2n) is 4.72. The Morgan fingerprint density at radius 3 is 2.94 bits per heavy atom. The van der Waals surface area contributed by atoms with Gasteiger partial charge >= 0.3 is 0 Å². The van der Waals surface area contributed by atoms with Crippen LogP contribution in [0.3, 0.4) is 0 Å². The highest BCUT2D eigenvalue weighted by Gasteiger charge is 2.24. The number of fused-ring (bicyclic) bond motifs is 1. The highest BCUT2D eigenvalue weighted by Crippen LogP contribution is 2.34. The van der Waals surface area contributed by atoms with Gasteiger partial charge in [-0.05, 0) is 48.6 Å². The van der Waals surface area contributed by atoms with Crippen LogP contribution in [0.2, 0.25) is 0 Å². The van der Waals surface area contributed by atoms with Crippen LogP contribution in [0, 0.1) is 5.92 Å². The van der Waals surface area contributed by atoms with Crippen molar-refractivity contribution in [2.75, 3.05) is 13.7 Å². The molecule has 16 heavy (non-hydrogen) atoms. The Morgan fingerprint density at radius 1 is 1.44 bits per heavy atom. The van der Waals surface area contributed by atoms with E-state index in [9.17, 15) is 0 Å². The van der Waals surface area contributed by atoms with Crippen molar-refractivity contribution >= 4 is 0 Å². The van der Waals surface area contributed by atoms with Crippen LogP contribution in [0.5, 0.6) is 5.75 Å². The predicted molar refractivity (Wildman–Crippen MR) is 66.9 cm³/mol. The first-order valence-electron chi connectivity index (χ1n) is 6.14. The molecule has 1 aliphatic carbocycles. The zero-order valence-corrected chi connectivity index (χ0v) is 10.4. The van der Waals surface area contributed by atoms with E-state index >= 15 is 0 Å². The molecule has 0 saturated carbocycles. The molecule has 2 nitrogen and oxygen atoms in total. The third kappa shape index (κ3) is 2.22. The first-order valence-corrected chi connectivity index (χ1v) is 6.14. The maximum Gasteiger partial charge on any atom is 0.119 e. The molecule has 2 atom stereocenters. The van der Waals surface area contributed by atoms with Gasteiger partial charge in [-0.3, -0.25) is 0 Å². The van der Waals surface area contributed by atoms with E-state index in [-0.39, 0.29) is 0 Å². The zero-order valence-electron chi connectivity index (χ0n) is 10.4. The van der Waals surface area contributed by atoms with Crippen molar-refractivity contribution in [2.24, 2.45) is 5.92 Å². The fourth-order valence-electron chi connectivity index (χ4n) is 2.64. The lowest BCUT2D eigenvalue weighted by atomic mass is 9.81. The largest absolute Gasteiger partial charge is 0.497 e. The van der Waals surface area contributed by atoms with Gasteiger partial charge in [0.1, 0.15) is 5.75 Å². The van der Waals surface area contributed by atoms with Crippen LogP contribution in [0.1, 0.15) is 37.4 Å². The number of hydrogen-bond acceptors (Lipinski definition) is 2. The maximum atomic E-state index is 5.31. The van der Waals surface area contributed by atoms with Crippen LogP contribution in [-0.4, -0.2) is 13.7 Å². The molecule has 2 rings (SSSR count). The van der Waals surface area contributed by atoms with Crippen LogP contribution in [-0.2, 0) is 6.42 Å². The molecule has 1 aromatic rings. The van der Waals surface area contributed by atoms with Crippen molar-refractivity contribution in [3.8, 4) is 5.75 Å². The Morgan fingerprint density at radius 2 is 2.25 bits per heavy atom. The van der Waals surface area contributed by atoms with E-state index in [4.69, 9.17) is 4.74 Å². The fraction of sp³-hybridized carbons (Fsp3) is 0.571. The molecular formula is C14H21NO. The molecule has 2 unspecified atom stereocenters. The Balaban J connectivity index is 2.33. The summed E-state index contributed by atoms with van der Waals surface area (Å²) < 4.78 is 5.31. The Kier molecular flexibility index (Phi) is 3.49. The minimum atomic E-state index is 0.499. The summed E-state index contributed by atoms with van der Waals surface area (Å²) in [7, 11) is 1.73. The minimum absolute atomic E-state index is 0.499. The molecule has 0 heterocycles. The summed E-state index contributed by atoms with van der Waals surface area (Å²) in [6, 6.07) is 6.97. The summed E-state index contributed by atoms with van der Waals surface area (Å²) in [5.74, 6) is 1.74. The molecule has 0 bridgehead atoms. The standard InChI is InChI=1S/C14H21NO/c1-4-15-14-8-10(2)7-11-5-6-12(16-3)9-13(11)14/h5-6,9-10,14-15H,4,7-8H2,1-3H3. The molecule has 1 N–H and O–H groups in total. The molecule has 2 heteroatoms. The average Bonchev–Trinajstić information content (AvgIpc) is 2.29. The monoisotopic (exact) mass is 219 g/mol. The van der Waals surface area contributed by atoms with E-state index in [0.717, 1.165) is 18.2 Å². The smallest absolute Gasteiger partial charge is 0.119 e. The topological polar surface area (TPSA) is 21.3 Å². The number of methoxy groups -OCH3 is 1. The predicted octanol–water partition coefficient (Wildman–Crippen LogP) is 2.93. The molecule has 0 fully saturated rings. The SMILES string of the molecule is CCNC1CC(C)Cc2ccc(OC)cc21. The van der Waals surface area contributed by atoms with Gasteiger partial charge in [-0.1, -0.05) is 19.9 Å². The van der Waals surface area contributed by atoms with Gasteiger partial charge in [0.15, 0.2) is 0 Å². The van der Waals surface area contributed by atoms with Crippen molar-refractivity contribution < 1.29 is 4.74 Å². The van der Waals surface area contributed by atoms with Crippen LogP contribution in [0.25, 0.3) is 0 Å². The van der Waals surface area contributed by atoms with Crippen molar-refractivity contribution in [3.05, 3.63) is 29.3 Å². The number of rotatable bonds is 3. The van der Waals surface area contributed by atoms with Gasteiger partial charge in [0.05, 0.1) is 7.11 Å². The molecule has 0 spiro atoms. The lowest BCUT2D eigenvalue weighted by molar-refractivity contribution is 0.379. The second-order valence-corrected chi connectivity index (χ2v) is 4.72. The van der Waals surface area contributed by atoms with Gasteiger partial charge in [-0.15, -0.1) is 0 Å². The minimum Gasteiger partial charge on any atom is -0.497 e. The summed E-state index contributed by atoms with van der Waals surface area (Å²) in [5.41, 5.74) is 2.91. The molecule has 0 radical (unpaired) electrons. The Labute approximate surface area is 98.0 Å². The number of hydrogen-bond donors (Lipinski definition) is 1. The van der Waals surface area contributed by atoms with Crippen molar-refractivity contribution in [2.45, 2.75) is 32.7 Å². The van der Waals surface area contributed by atoms with E-state index in [0.29, 0.717) is 6.04 Å². The van der Waals surface area contributed by atoms with Crippen LogP contribution in [0.4, 0.5) is 0 Å². The Hall–Kier alpha value is -1.02. The molecule has 0 amide bonds. The lowest BCUT2D eigenvalue weighted by Crippen LogP contribution is -2.28.